The maximum absolute atomic E-state index is 13.1. The van der Waals surface area contributed by atoms with Crippen molar-refractivity contribution in [1.82, 2.24) is 0 Å². The number of rotatable bonds is 14. The second-order valence-electron chi connectivity index (χ2n) is 12.6. The van der Waals surface area contributed by atoms with Gasteiger partial charge in [-0.2, -0.15) is 0 Å². The molecule has 0 bridgehead atoms. The Labute approximate surface area is 312 Å². The summed E-state index contributed by atoms with van der Waals surface area (Å²) in [5.41, 5.74) is 1.29. The maximum Gasteiger partial charge on any atom is 0.412 e. The van der Waals surface area contributed by atoms with Crippen molar-refractivity contribution >= 4 is 66.7 Å². The third-order valence-corrected chi connectivity index (χ3v) is 8.97. The summed E-state index contributed by atoms with van der Waals surface area (Å²) >= 11 is 0. The van der Waals surface area contributed by atoms with Gasteiger partial charge in [-0.05, 0) is 22.9 Å². The quantitative estimate of drug-likeness (QED) is 0.107. The fourth-order valence-corrected chi connectivity index (χ4v) is 6.57. The number of carbonyl (C=O) groups excluding carboxylic acids is 2. The Balaban J connectivity index is 1.08. The molecule has 0 heterocycles. The molecular weight excluding hydrogens is 684 g/mol. The first-order valence-electron chi connectivity index (χ1n) is 17.6. The molecule has 2 amide bonds. The SMILES string of the molecule is COCC(COc1c2ccccc2c(OCC(COC)OC(=O)Nc2cccc3ccccc23)c2ccccc12)OC(=O)Nc1cccc2ccccc12. The molecule has 0 radical (unpaired) electrons. The van der Waals surface area contributed by atoms with Gasteiger partial charge >= 0.3 is 12.2 Å². The minimum absolute atomic E-state index is 0.0283. The highest BCUT2D eigenvalue weighted by atomic mass is 16.6. The molecule has 0 saturated heterocycles. The van der Waals surface area contributed by atoms with Gasteiger partial charge in [-0.15, -0.1) is 0 Å². The van der Waals surface area contributed by atoms with E-state index in [-0.39, 0.29) is 26.4 Å². The molecule has 10 nitrogen and oxygen atoms in total. The van der Waals surface area contributed by atoms with E-state index in [1.807, 2.05) is 133 Å². The molecule has 54 heavy (non-hydrogen) atoms. The van der Waals surface area contributed by atoms with Gasteiger partial charge in [0.25, 0.3) is 0 Å². The Morgan fingerprint density at radius 2 is 0.778 bits per heavy atom. The van der Waals surface area contributed by atoms with E-state index in [4.69, 9.17) is 28.4 Å². The van der Waals surface area contributed by atoms with Crippen molar-refractivity contribution in [2.75, 3.05) is 51.3 Å². The summed E-state index contributed by atoms with van der Waals surface area (Å²) in [4.78, 5) is 26.2. The Kier molecular flexibility index (Phi) is 11.3. The molecule has 7 rings (SSSR count). The van der Waals surface area contributed by atoms with Crippen molar-refractivity contribution in [3.05, 3.63) is 133 Å². The molecule has 0 aromatic heterocycles. The number of hydrogen-bond donors (Lipinski definition) is 2. The van der Waals surface area contributed by atoms with Crippen LogP contribution in [0.25, 0.3) is 43.1 Å². The zero-order valence-corrected chi connectivity index (χ0v) is 30.0. The number of fused-ring (bicyclic) bond motifs is 4. The Bertz CT molecular complexity index is 2180. The molecule has 274 valence electrons. The molecule has 7 aromatic rings. The minimum atomic E-state index is -0.717. The van der Waals surface area contributed by atoms with Gasteiger partial charge in [0.2, 0.25) is 0 Å². The summed E-state index contributed by atoms with van der Waals surface area (Å²) < 4.78 is 35.4. The van der Waals surface area contributed by atoms with Crippen molar-refractivity contribution < 1.29 is 38.0 Å². The smallest absolute Gasteiger partial charge is 0.412 e. The van der Waals surface area contributed by atoms with Gasteiger partial charge in [0.05, 0.1) is 24.6 Å². The summed E-state index contributed by atoms with van der Waals surface area (Å²) in [6.07, 6.45) is -2.67. The highest BCUT2D eigenvalue weighted by Gasteiger charge is 2.22. The Morgan fingerprint density at radius 1 is 0.444 bits per heavy atom. The number of hydrogen-bond acceptors (Lipinski definition) is 8. The summed E-state index contributed by atoms with van der Waals surface area (Å²) in [5, 5.41) is 12.7. The van der Waals surface area contributed by atoms with Crippen LogP contribution in [0.4, 0.5) is 21.0 Å². The largest absolute Gasteiger partial charge is 0.488 e. The number of ether oxygens (including phenoxy) is 6. The van der Waals surface area contributed by atoms with Gasteiger partial charge in [0.15, 0.2) is 12.2 Å². The van der Waals surface area contributed by atoms with Crippen molar-refractivity contribution in [1.29, 1.82) is 0 Å². The number of benzene rings is 7. The second-order valence-corrected chi connectivity index (χ2v) is 12.6. The van der Waals surface area contributed by atoms with E-state index in [9.17, 15) is 9.59 Å². The van der Waals surface area contributed by atoms with Crippen LogP contribution in [0.15, 0.2) is 133 Å². The predicted molar refractivity (Wildman–Crippen MR) is 212 cm³/mol. The molecule has 0 fully saturated rings. The lowest BCUT2D eigenvalue weighted by molar-refractivity contribution is 0.0197. The van der Waals surface area contributed by atoms with Crippen LogP contribution < -0.4 is 20.1 Å². The third-order valence-electron chi connectivity index (χ3n) is 8.97. The molecule has 2 unspecified atom stereocenters. The standard InChI is InChI=1S/C44H40N2O8/c1-49-25-31(53-43(47)45-39-23-11-15-29-13-3-5-17-33(29)39)27-51-41-35-19-7-9-21-37(35)42(38-22-10-8-20-36(38)41)52-28-32(26-50-2)54-44(48)46-40-24-12-16-30-14-4-6-18-34(30)40/h3-24,31-32H,25-28H2,1-2H3,(H,45,47)(H,46,48). The lowest BCUT2D eigenvalue weighted by Crippen LogP contribution is -2.31. The van der Waals surface area contributed by atoms with E-state index < -0.39 is 24.4 Å². The molecular formula is C44H40N2O8. The Hall–Kier alpha value is -6.36. The first-order valence-corrected chi connectivity index (χ1v) is 17.6. The van der Waals surface area contributed by atoms with Crippen molar-refractivity contribution in [3.63, 3.8) is 0 Å². The maximum atomic E-state index is 13.1. The summed E-state index contributed by atoms with van der Waals surface area (Å²) in [6.45, 7) is 0.297. The van der Waals surface area contributed by atoms with E-state index in [1.54, 1.807) is 14.2 Å². The fourth-order valence-electron chi connectivity index (χ4n) is 6.57. The van der Waals surface area contributed by atoms with Gasteiger partial charge in [0.1, 0.15) is 24.7 Å². The second kappa shape index (κ2) is 17.0. The molecule has 2 N–H and O–H groups in total. The Morgan fingerprint density at radius 3 is 1.15 bits per heavy atom. The van der Waals surface area contributed by atoms with Crippen LogP contribution in [-0.4, -0.2) is 65.0 Å². The molecule has 2 atom stereocenters. The van der Waals surface area contributed by atoms with Crippen LogP contribution in [0, 0.1) is 0 Å². The zero-order valence-electron chi connectivity index (χ0n) is 30.0. The number of anilines is 2. The average molecular weight is 725 g/mol. The van der Waals surface area contributed by atoms with Crippen molar-refractivity contribution in [2.45, 2.75) is 12.2 Å². The lowest BCUT2D eigenvalue weighted by Gasteiger charge is -2.22. The normalized spacial score (nSPS) is 12.3. The van der Waals surface area contributed by atoms with Crippen LogP contribution in [0.2, 0.25) is 0 Å². The van der Waals surface area contributed by atoms with Crippen LogP contribution in [0.1, 0.15) is 0 Å². The van der Waals surface area contributed by atoms with Crippen LogP contribution in [0.3, 0.4) is 0 Å². The molecule has 10 heteroatoms. The van der Waals surface area contributed by atoms with Crippen LogP contribution in [-0.2, 0) is 18.9 Å². The lowest BCUT2D eigenvalue weighted by atomic mass is 10.0. The third kappa shape index (κ3) is 8.15. The topological polar surface area (TPSA) is 114 Å². The van der Waals surface area contributed by atoms with E-state index >= 15 is 0 Å². The highest BCUT2D eigenvalue weighted by Crippen LogP contribution is 2.43. The fraction of sp³-hybridized carbons (Fsp3) is 0.182. The monoisotopic (exact) mass is 724 g/mol. The summed E-state index contributed by atoms with van der Waals surface area (Å²) in [6, 6.07) is 42.5. The van der Waals surface area contributed by atoms with E-state index in [2.05, 4.69) is 10.6 Å². The van der Waals surface area contributed by atoms with Crippen molar-refractivity contribution in [2.24, 2.45) is 0 Å². The first-order chi connectivity index (χ1) is 26.5. The van der Waals surface area contributed by atoms with Crippen LogP contribution >= 0.6 is 0 Å². The van der Waals surface area contributed by atoms with Crippen molar-refractivity contribution in [3.8, 4) is 11.5 Å². The number of amides is 2. The zero-order chi connectivity index (χ0) is 37.3. The van der Waals surface area contributed by atoms with Gasteiger partial charge < -0.3 is 28.4 Å². The number of carbonyl (C=O) groups is 2. The van der Waals surface area contributed by atoms with Crippen LogP contribution in [0.5, 0.6) is 11.5 Å². The van der Waals surface area contributed by atoms with Gasteiger partial charge in [-0.1, -0.05) is 121 Å². The summed E-state index contributed by atoms with van der Waals surface area (Å²) in [7, 11) is 3.09. The number of methoxy groups -OCH3 is 2. The van der Waals surface area contributed by atoms with Gasteiger partial charge in [0, 0.05) is 46.5 Å². The first kappa shape index (κ1) is 36.0. The molecule has 0 aliphatic heterocycles. The molecule has 0 saturated carbocycles. The molecule has 0 spiro atoms. The van der Waals surface area contributed by atoms with E-state index in [1.165, 1.54) is 0 Å². The van der Waals surface area contributed by atoms with E-state index in [0.717, 1.165) is 43.1 Å². The average Bonchev–Trinajstić information content (AvgIpc) is 3.19. The summed E-state index contributed by atoms with van der Waals surface area (Å²) in [5.74, 6) is 1.21. The van der Waals surface area contributed by atoms with Gasteiger partial charge in [-0.3, -0.25) is 10.6 Å². The minimum Gasteiger partial charge on any atom is -0.488 e. The molecule has 7 aromatic carbocycles. The molecule has 0 aliphatic rings. The highest BCUT2D eigenvalue weighted by molar-refractivity contribution is 6.11. The number of nitrogens with one attached hydrogen (secondary N) is 2. The van der Waals surface area contributed by atoms with E-state index in [0.29, 0.717) is 22.9 Å². The van der Waals surface area contributed by atoms with Gasteiger partial charge in [-0.25, -0.2) is 9.59 Å². The molecule has 0 aliphatic carbocycles. The predicted octanol–water partition coefficient (Wildman–Crippen LogP) is 9.58.